The molecule has 72 valence electrons. The molecule has 0 aromatic heterocycles. The molecule has 0 amide bonds. The Morgan fingerprint density at radius 2 is 1.50 bits per heavy atom. The summed E-state index contributed by atoms with van der Waals surface area (Å²) in [5, 5.41) is 3.38. The molecule has 0 saturated carbocycles. The van der Waals surface area contributed by atoms with Crippen LogP contribution in [-0.2, 0) is 4.74 Å². The smallest absolute Gasteiger partial charge is 0.114 e. The molecule has 1 aliphatic heterocycles. The van der Waals surface area contributed by atoms with E-state index in [0.717, 1.165) is 6.54 Å². The molecule has 0 aliphatic carbocycles. The zero-order valence-corrected chi connectivity index (χ0v) is 9.12. The van der Waals surface area contributed by atoms with Gasteiger partial charge in [-0.3, -0.25) is 5.32 Å². The van der Waals surface area contributed by atoms with Gasteiger partial charge in [-0.2, -0.15) is 0 Å². The Morgan fingerprint density at radius 1 is 1.00 bits per heavy atom. The van der Waals surface area contributed by atoms with Gasteiger partial charge in [0.2, 0.25) is 0 Å². The van der Waals surface area contributed by atoms with Crippen molar-refractivity contribution in [3.8, 4) is 0 Å². The number of ether oxygens (including phenoxy) is 1. The molecule has 0 unspecified atom stereocenters. The van der Waals surface area contributed by atoms with E-state index in [-0.39, 0.29) is 16.7 Å². The van der Waals surface area contributed by atoms with Gasteiger partial charge in [0.25, 0.3) is 0 Å². The molecule has 2 heteroatoms. The third-order valence-electron chi connectivity index (χ3n) is 3.10. The van der Waals surface area contributed by atoms with Crippen LogP contribution in [0, 0.1) is 5.41 Å². The molecule has 0 atom stereocenters. The first-order valence-electron chi connectivity index (χ1n) is 4.62. The van der Waals surface area contributed by atoms with Crippen LogP contribution in [0.2, 0.25) is 0 Å². The fourth-order valence-electron chi connectivity index (χ4n) is 1.46. The maximum atomic E-state index is 5.97. The fourth-order valence-corrected chi connectivity index (χ4v) is 1.46. The summed E-state index contributed by atoms with van der Waals surface area (Å²) in [6.45, 7) is 13.9. The van der Waals surface area contributed by atoms with Gasteiger partial charge < -0.3 is 4.74 Å². The predicted molar refractivity (Wildman–Crippen MR) is 51.0 cm³/mol. The number of rotatable bonds is 0. The van der Waals surface area contributed by atoms with E-state index in [9.17, 15) is 0 Å². The lowest BCUT2D eigenvalue weighted by Gasteiger charge is -2.52. The summed E-state index contributed by atoms with van der Waals surface area (Å²) in [6.07, 6.45) is 0. The first kappa shape index (κ1) is 10.0. The average Bonchev–Trinajstić information content (AvgIpc) is 1.79. The highest BCUT2D eigenvalue weighted by molar-refractivity contribution is 4.95. The van der Waals surface area contributed by atoms with E-state index in [4.69, 9.17) is 4.74 Å². The minimum atomic E-state index is -0.182. The molecule has 0 aromatic rings. The van der Waals surface area contributed by atoms with Crippen LogP contribution in [0.4, 0.5) is 0 Å². The Balaban J connectivity index is 2.82. The molecule has 1 saturated heterocycles. The molecule has 1 fully saturated rings. The van der Waals surface area contributed by atoms with Gasteiger partial charge in [-0.25, -0.2) is 0 Å². The van der Waals surface area contributed by atoms with E-state index in [2.05, 4.69) is 46.9 Å². The van der Waals surface area contributed by atoms with Gasteiger partial charge >= 0.3 is 0 Å². The Kier molecular flexibility index (Phi) is 2.05. The van der Waals surface area contributed by atoms with Gasteiger partial charge in [0.05, 0.1) is 5.60 Å². The second-order valence-electron chi connectivity index (χ2n) is 5.36. The van der Waals surface area contributed by atoms with Crippen LogP contribution in [0.15, 0.2) is 0 Å². The van der Waals surface area contributed by atoms with Crippen molar-refractivity contribution in [1.29, 1.82) is 0 Å². The van der Waals surface area contributed by atoms with E-state index in [1.807, 2.05) is 0 Å². The molecule has 0 bridgehead atoms. The molecule has 0 aromatic carbocycles. The lowest BCUT2D eigenvalue weighted by molar-refractivity contribution is -0.220. The zero-order chi connectivity index (χ0) is 9.62. The third-order valence-corrected chi connectivity index (χ3v) is 3.10. The van der Waals surface area contributed by atoms with Crippen LogP contribution in [0.25, 0.3) is 0 Å². The van der Waals surface area contributed by atoms with Gasteiger partial charge in [0, 0.05) is 12.0 Å². The first-order valence-corrected chi connectivity index (χ1v) is 4.62. The number of hydrogen-bond acceptors (Lipinski definition) is 2. The molecule has 1 N–H and O–H groups in total. The van der Waals surface area contributed by atoms with E-state index in [1.165, 1.54) is 0 Å². The monoisotopic (exact) mass is 171 g/mol. The zero-order valence-electron chi connectivity index (χ0n) is 9.12. The molecule has 0 spiro atoms. The summed E-state index contributed by atoms with van der Waals surface area (Å²) in [6, 6.07) is 0. The van der Waals surface area contributed by atoms with Crippen molar-refractivity contribution >= 4 is 0 Å². The summed E-state index contributed by atoms with van der Waals surface area (Å²) >= 11 is 0. The maximum Gasteiger partial charge on any atom is 0.114 e. The highest BCUT2D eigenvalue weighted by Gasteiger charge is 2.46. The van der Waals surface area contributed by atoms with Crippen LogP contribution in [0.1, 0.15) is 41.5 Å². The Morgan fingerprint density at radius 3 is 1.83 bits per heavy atom. The van der Waals surface area contributed by atoms with Gasteiger partial charge in [-0.05, 0) is 27.7 Å². The second kappa shape index (κ2) is 2.46. The van der Waals surface area contributed by atoms with Crippen LogP contribution < -0.4 is 5.32 Å². The summed E-state index contributed by atoms with van der Waals surface area (Å²) in [5.74, 6) is 0. The summed E-state index contributed by atoms with van der Waals surface area (Å²) in [4.78, 5) is 0. The topological polar surface area (TPSA) is 21.3 Å². The van der Waals surface area contributed by atoms with Gasteiger partial charge in [0.1, 0.15) is 5.72 Å². The molecule has 1 aliphatic rings. The largest absolute Gasteiger partial charge is 0.355 e. The van der Waals surface area contributed by atoms with Crippen LogP contribution in [0.3, 0.4) is 0 Å². The third kappa shape index (κ3) is 1.64. The Labute approximate surface area is 75.7 Å². The lowest BCUT2D eigenvalue weighted by atomic mass is 9.75. The normalized spacial score (nSPS) is 31.5. The molecule has 1 rings (SSSR count). The van der Waals surface area contributed by atoms with Crippen molar-refractivity contribution in [2.45, 2.75) is 52.9 Å². The van der Waals surface area contributed by atoms with Crippen LogP contribution in [0.5, 0.6) is 0 Å². The summed E-state index contributed by atoms with van der Waals surface area (Å²) < 4.78 is 5.97. The van der Waals surface area contributed by atoms with Crippen LogP contribution in [-0.4, -0.2) is 17.9 Å². The second-order valence-corrected chi connectivity index (χ2v) is 5.36. The summed E-state index contributed by atoms with van der Waals surface area (Å²) in [5.41, 5.74) is -0.0384. The maximum absolute atomic E-state index is 5.97. The van der Waals surface area contributed by atoms with Crippen molar-refractivity contribution in [3.05, 3.63) is 0 Å². The Bertz CT molecular complexity index is 182. The van der Waals surface area contributed by atoms with Crippen molar-refractivity contribution in [1.82, 2.24) is 5.32 Å². The molecular weight excluding hydrogens is 150 g/mol. The minimum absolute atomic E-state index is 0.0538. The lowest BCUT2D eigenvalue weighted by Crippen LogP contribution is -2.63. The average molecular weight is 171 g/mol. The van der Waals surface area contributed by atoms with E-state index >= 15 is 0 Å². The fraction of sp³-hybridized carbons (Fsp3) is 1.00. The quantitative estimate of drug-likeness (QED) is 0.603. The molecule has 0 radical (unpaired) electrons. The Hall–Kier alpha value is -0.0800. The van der Waals surface area contributed by atoms with Crippen molar-refractivity contribution in [2.75, 3.05) is 6.54 Å². The molecule has 1 heterocycles. The van der Waals surface area contributed by atoms with E-state index in [1.54, 1.807) is 0 Å². The van der Waals surface area contributed by atoms with Gasteiger partial charge in [-0.1, -0.05) is 13.8 Å². The minimum Gasteiger partial charge on any atom is -0.355 e. The molecule has 2 nitrogen and oxygen atoms in total. The number of nitrogens with one attached hydrogen (secondary N) is 1. The van der Waals surface area contributed by atoms with E-state index in [0.29, 0.717) is 0 Å². The van der Waals surface area contributed by atoms with Crippen molar-refractivity contribution in [2.24, 2.45) is 5.41 Å². The highest BCUT2D eigenvalue weighted by atomic mass is 16.5. The SMILES string of the molecule is CC1(C)NCC(C)(C)C(C)(C)O1. The summed E-state index contributed by atoms with van der Waals surface area (Å²) in [7, 11) is 0. The molecular formula is C10H21NO. The van der Waals surface area contributed by atoms with Gasteiger partial charge in [0.15, 0.2) is 0 Å². The predicted octanol–water partition coefficient (Wildman–Crippen LogP) is 2.15. The van der Waals surface area contributed by atoms with Crippen molar-refractivity contribution < 1.29 is 4.74 Å². The van der Waals surface area contributed by atoms with Gasteiger partial charge in [-0.15, -0.1) is 0 Å². The standard InChI is InChI=1S/C10H21NO/c1-8(2)7-11-10(5,6)12-9(8,3)4/h11H,7H2,1-6H3. The van der Waals surface area contributed by atoms with Crippen LogP contribution >= 0.6 is 0 Å². The van der Waals surface area contributed by atoms with E-state index < -0.39 is 0 Å². The number of hydrogen-bond donors (Lipinski definition) is 1. The first-order chi connectivity index (χ1) is 5.16. The molecule has 12 heavy (non-hydrogen) atoms. The van der Waals surface area contributed by atoms with Crippen molar-refractivity contribution in [3.63, 3.8) is 0 Å². The highest BCUT2D eigenvalue weighted by Crippen LogP contribution is 2.39.